The van der Waals surface area contributed by atoms with E-state index in [0.717, 1.165) is 22.9 Å². The largest absolute Gasteiger partial charge is 0.325 e. The maximum Gasteiger partial charge on any atom is 0.325 e. The van der Waals surface area contributed by atoms with Gasteiger partial charge in [-0.3, -0.25) is 23.9 Å². The molecule has 2 aromatic heterocycles. The second-order valence-electron chi connectivity index (χ2n) is 7.43. The van der Waals surface area contributed by atoms with Crippen LogP contribution >= 0.6 is 11.8 Å². The molecule has 4 aromatic rings. The van der Waals surface area contributed by atoms with Gasteiger partial charge in [-0.2, -0.15) is 0 Å². The Morgan fingerprint density at radius 2 is 1.91 bits per heavy atom. The molecular weight excluding hydrogens is 440 g/mol. The quantitative estimate of drug-likeness (QED) is 0.336. The molecule has 168 valence electrons. The molecule has 0 aliphatic carbocycles. The number of allylic oxidation sites excluding steroid dienone is 1. The average Bonchev–Trinajstić information content (AvgIpc) is 3.21. The predicted octanol–water partition coefficient (Wildman–Crippen LogP) is 3.29. The van der Waals surface area contributed by atoms with E-state index in [1.807, 2.05) is 32.0 Å². The second kappa shape index (κ2) is 9.29. The standard InChI is InChI=1S/C23H22N6O3S/c1-4-11-28-20(31)17-7-5-6-8-18(17)29-22(28)26-27-23(29)33-13-19(30)25-21(32)24-16-10-9-14(2)15(3)12-16/h4-10,12H,1,11,13H2,2-3H3,(H2,24,25,30,32). The van der Waals surface area contributed by atoms with Crippen LogP contribution in [-0.2, 0) is 11.3 Å². The molecule has 4 rings (SSSR count). The SMILES string of the molecule is C=CCn1c(=O)c2ccccc2n2c(SCC(=O)NC(=O)Nc3ccc(C)c(C)c3)nnc12. The van der Waals surface area contributed by atoms with Crippen molar-refractivity contribution < 1.29 is 9.59 Å². The highest BCUT2D eigenvalue weighted by Gasteiger charge is 2.17. The molecule has 33 heavy (non-hydrogen) atoms. The Balaban J connectivity index is 1.52. The second-order valence-corrected chi connectivity index (χ2v) is 8.37. The molecule has 2 aromatic carbocycles. The normalized spacial score (nSPS) is 11.0. The molecule has 2 N–H and O–H groups in total. The number of thioether (sulfide) groups is 1. The van der Waals surface area contributed by atoms with Crippen molar-refractivity contribution in [2.24, 2.45) is 0 Å². The summed E-state index contributed by atoms with van der Waals surface area (Å²) in [7, 11) is 0. The van der Waals surface area contributed by atoms with Crippen molar-refractivity contribution in [3.05, 3.63) is 76.6 Å². The van der Waals surface area contributed by atoms with Crippen molar-refractivity contribution in [1.82, 2.24) is 24.5 Å². The van der Waals surface area contributed by atoms with Crippen LogP contribution < -0.4 is 16.2 Å². The van der Waals surface area contributed by atoms with E-state index in [9.17, 15) is 14.4 Å². The molecule has 0 saturated carbocycles. The number of imide groups is 1. The number of nitrogens with one attached hydrogen (secondary N) is 2. The lowest BCUT2D eigenvalue weighted by atomic mass is 10.1. The molecule has 0 bridgehead atoms. The van der Waals surface area contributed by atoms with Gasteiger partial charge in [0.25, 0.3) is 5.56 Å². The Hall–Kier alpha value is -3.92. The molecule has 0 saturated heterocycles. The van der Waals surface area contributed by atoms with E-state index in [4.69, 9.17) is 0 Å². The fourth-order valence-electron chi connectivity index (χ4n) is 3.40. The third-order valence-electron chi connectivity index (χ3n) is 5.14. The summed E-state index contributed by atoms with van der Waals surface area (Å²) < 4.78 is 3.21. The average molecular weight is 463 g/mol. The highest BCUT2D eigenvalue weighted by atomic mass is 32.2. The number of rotatable bonds is 6. The van der Waals surface area contributed by atoms with Crippen LogP contribution in [-0.4, -0.2) is 36.9 Å². The van der Waals surface area contributed by atoms with Gasteiger partial charge in [0.05, 0.1) is 16.7 Å². The first-order valence-corrected chi connectivity index (χ1v) is 11.2. The monoisotopic (exact) mass is 462 g/mol. The van der Waals surface area contributed by atoms with Crippen LogP contribution in [0.4, 0.5) is 10.5 Å². The number of benzene rings is 2. The number of anilines is 1. The Morgan fingerprint density at radius 1 is 1.12 bits per heavy atom. The third-order valence-corrected chi connectivity index (χ3v) is 6.07. The first-order chi connectivity index (χ1) is 15.9. The van der Waals surface area contributed by atoms with Crippen LogP contribution in [0.5, 0.6) is 0 Å². The lowest BCUT2D eigenvalue weighted by molar-refractivity contribution is -0.117. The zero-order valence-electron chi connectivity index (χ0n) is 18.2. The predicted molar refractivity (Wildman–Crippen MR) is 129 cm³/mol. The zero-order chi connectivity index (χ0) is 23.5. The minimum absolute atomic E-state index is 0.0595. The number of hydrogen-bond acceptors (Lipinski definition) is 6. The maximum atomic E-state index is 12.8. The van der Waals surface area contributed by atoms with Gasteiger partial charge in [0, 0.05) is 12.2 Å². The Morgan fingerprint density at radius 3 is 2.67 bits per heavy atom. The van der Waals surface area contributed by atoms with E-state index >= 15 is 0 Å². The molecule has 2 heterocycles. The zero-order valence-corrected chi connectivity index (χ0v) is 19.0. The number of carbonyl (C=O) groups is 2. The highest BCUT2D eigenvalue weighted by Crippen LogP contribution is 2.21. The summed E-state index contributed by atoms with van der Waals surface area (Å²) >= 11 is 1.12. The van der Waals surface area contributed by atoms with E-state index in [-0.39, 0.29) is 17.9 Å². The topological polar surface area (TPSA) is 110 Å². The lowest BCUT2D eigenvalue weighted by Crippen LogP contribution is -2.35. The molecular formula is C23H22N6O3S. The highest BCUT2D eigenvalue weighted by molar-refractivity contribution is 7.99. The van der Waals surface area contributed by atoms with Crippen molar-refractivity contribution in [2.45, 2.75) is 25.5 Å². The Labute approximate surface area is 193 Å². The number of carbonyl (C=O) groups excluding carboxylic acids is 2. The van der Waals surface area contributed by atoms with Crippen LogP contribution in [0.1, 0.15) is 11.1 Å². The fourth-order valence-corrected chi connectivity index (χ4v) is 4.14. The summed E-state index contributed by atoms with van der Waals surface area (Å²) in [5, 5.41) is 14.2. The van der Waals surface area contributed by atoms with Gasteiger partial charge in [0.15, 0.2) is 5.16 Å². The number of fused-ring (bicyclic) bond motifs is 3. The molecule has 10 heteroatoms. The maximum absolute atomic E-state index is 12.8. The summed E-state index contributed by atoms with van der Waals surface area (Å²) in [5.74, 6) is -0.188. The van der Waals surface area contributed by atoms with Crippen LogP contribution in [0.2, 0.25) is 0 Å². The molecule has 0 fully saturated rings. The Kier molecular flexibility index (Phi) is 6.27. The molecule has 0 aliphatic rings. The molecule has 0 aliphatic heterocycles. The van der Waals surface area contributed by atoms with Crippen LogP contribution in [0.25, 0.3) is 16.7 Å². The van der Waals surface area contributed by atoms with Crippen molar-refractivity contribution in [3.63, 3.8) is 0 Å². The number of para-hydroxylation sites is 1. The van der Waals surface area contributed by atoms with Gasteiger partial charge < -0.3 is 5.32 Å². The summed E-state index contributed by atoms with van der Waals surface area (Å²) in [6, 6.07) is 12.0. The number of aryl methyl sites for hydroxylation is 2. The minimum atomic E-state index is -0.611. The number of urea groups is 1. The van der Waals surface area contributed by atoms with Gasteiger partial charge in [-0.05, 0) is 49.2 Å². The van der Waals surface area contributed by atoms with Gasteiger partial charge >= 0.3 is 6.03 Å². The van der Waals surface area contributed by atoms with Gasteiger partial charge in [0.1, 0.15) is 0 Å². The van der Waals surface area contributed by atoms with Crippen molar-refractivity contribution >= 4 is 46.1 Å². The van der Waals surface area contributed by atoms with Gasteiger partial charge in [0.2, 0.25) is 11.7 Å². The number of hydrogen-bond donors (Lipinski definition) is 2. The van der Waals surface area contributed by atoms with Crippen molar-refractivity contribution in [2.75, 3.05) is 11.1 Å². The molecule has 3 amide bonds. The third kappa shape index (κ3) is 4.51. The minimum Gasteiger partial charge on any atom is -0.308 e. The van der Waals surface area contributed by atoms with Crippen LogP contribution in [0, 0.1) is 13.8 Å². The summed E-state index contributed by atoms with van der Waals surface area (Å²) in [6.07, 6.45) is 1.61. The molecule has 0 radical (unpaired) electrons. The van der Waals surface area contributed by atoms with E-state index < -0.39 is 11.9 Å². The van der Waals surface area contributed by atoms with E-state index in [2.05, 4.69) is 27.4 Å². The van der Waals surface area contributed by atoms with Crippen molar-refractivity contribution in [1.29, 1.82) is 0 Å². The molecule has 0 unspecified atom stereocenters. The van der Waals surface area contributed by atoms with Crippen LogP contribution in [0.3, 0.4) is 0 Å². The van der Waals surface area contributed by atoms with Gasteiger partial charge in [-0.15, -0.1) is 16.8 Å². The fraction of sp³-hybridized carbons (Fsp3) is 0.174. The van der Waals surface area contributed by atoms with Gasteiger partial charge in [-0.25, -0.2) is 4.79 Å². The number of nitrogens with zero attached hydrogens (tertiary/aromatic N) is 4. The molecule has 0 spiro atoms. The smallest absolute Gasteiger partial charge is 0.308 e. The number of amides is 3. The van der Waals surface area contributed by atoms with Gasteiger partial charge in [-0.1, -0.05) is 36.0 Å². The summed E-state index contributed by atoms with van der Waals surface area (Å²) in [6.45, 7) is 7.90. The number of aromatic nitrogens is 4. The molecule has 0 atom stereocenters. The van der Waals surface area contributed by atoms with E-state index in [1.165, 1.54) is 4.57 Å². The summed E-state index contributed by atoms with van der Waals surface area (Å²) in [4.78, 5) is 37.4. The van der Waals surface area contributed by atoms with E-state index in [0.29, 0.717) is 27.5 Å². The van der Waals surface area contributed by atoms with E-state index in [1.54, 1.807) is 34.7 Å². The first-order valence-electron chi connectivity index (χ1n) is 10.2. The lowest BCUT2D eigenvalue weighted by Gasteiger charge is -2.10. The first kappa shape index (κ1) is 22.3. The molecule has 9 nitrogen and oxygen atoms in total. The van der Waals surface area contributed by atoms with Crippen molar-refractivity contribution in [3.8, 4) is 0 Å². The summed E-state index contributed by atoms with van der Waals surface area (Å²) in [5.41, 5.74) is 3.20. The Bertz CT molecular complexity index is 1460. The van der Waals surface area contributed by atoms with Crippen LogP contribution in [0.15, 0.2) is 65.1 Å².